The van der Waals surface area contributed by atoms with Gasteiger partial charge in [0.15, 0.2) is 0 Å². The first-order valence-electron chi connectivity index (χ1n) is 7.14. The maximum atomic E-state index is 11.9. The molecule has 0 bridgehead atoms. The fraction of sp³-hybridized carbons (Fsp3) is 0.533. The molecule has 0 atom stereocenters. The van der Waals surface area contributed by atoms with Crippen LogP contribution in [-0.4, -0.2) is 42.6 Å². The average molecular weight is 293 g/mol. The highest BCUT2D eigenvalue weighted by Crippen LogP contribution is 2.08. The Morgan fingerprint density at radius 3 is 2.48 bits per heavy atom. The molecule has 1 heterocycles. The van der Waals surface area contributed by atoms with Crippen molar-refractivity contribution in [2.75, 3.05) is 25.5 Å². The van der Waals surface area contributed by atoms with Crippen LogP contribution < -0.4 is 10.2 Å². The van der Waals surface area contributed by atoms with Crippen molar-refractivity contribution in [3.8, 4) is 0 Å². The SMILES string of the molecule is CN(C)c1ccc(C(=O)NCCCCCCC(=O)O)cn1. The van der Waals surface area contributed by atoms with Gasteiger partial charge in [-0.25, -0.2) is 4.98 Å². The second-order valence-corrected chi connectivity index (χ2v) is 5.11. The number of unbranched alkanes of at least 4 members (excludes halogenated alkanes) is 3. The number of hydrogen-bond donors (Lipinski definition) is 2. The van der Waals surface area contributed by atoms with Crippen LogP contribution in [0.1, 0.15) is 42.5 Å². The number of carbonyl (C=O) groups is 2. The molecule has 116 valence electrons. The summed E-state index contributed by atoms with van der Waals surface area (Å²) in [5.41, 5.74) is 0.548. The molecule has 2 N–H and O–H groups in total. The van der Waals surface area contributed by atoms with Crippen molar-refractivity contribution in [1.82, 2.24) is 10.3 Å². The molecule has 1 amide bonds. The predicted octanol–water partition coefficient (Wildman–Crippen LogP) is 1.91. The first-order valence-corrected chi connectivity index (χ1v) is 7.14. The zero-order valence-electron chi connectivity index (χ0n) is 12.6. The second-order valence-electron chi connectivity index (χ2n) is 5.11. The second kappa shape index (κ2) is 8.94. The number of aromatic nitrogens is 1. The number of nitrogens with zero attached hydrogens (tertiary/aromatic N) is 2. The number of carbonyl (C=O) groups excluding carboxylic acids is 1. The largest absolute Gasteiger partial charge is 0.481 e. The smallest absolute Gasteiger partial charge is 0.303 e. The molecule has 0 aliphatic carbocycles. The van der Waals surface area contributed by atoms with E-state index in [4.69, 9.17) is 5.11 Å². The number of pyridine rings is 1. The Morgan fingerprint density at radius 1 is 1.19 bits per heavy atom. The predicted molar refractivity (Wildman–Crippen MR) is 81.6 cm³/mol. The molecule has 0 unspecified atom stereocenters. The van der Waals surface area contributed by atoms with Crippen molar-refractivity contribution in [1.29, 1.82) is 0 Å². The average Bonchev–Trinajstić information content (AvgIpc) is 2.45. The third-order valence-corrected chi connectivity index (χ3v) is 3.07. The third kappa shape index (κ3) is 6.74. The lowest BCUT2D eigenvalue weighted by atomic mass is 10.1. The summed E-state index contributed by atoms with van der Waals surface area (Å²) >= 11 is 0. The van der Waals surface area contributed by atoms with Gasteiger partial charge in [0.1, 0.15) is 5.82 Å². The van der Waals surface area contributed by atoms with Crippen molar-refractivity contribution in [2.24, 2.45) is 0 Å². The minimum atomic E-state index is -0.753. The number of anilines is 1. The first kappa shape index (κ1) is 16.9. The molecule has 21 heavy (non-hydrogen) atoms. The highest BCUT2D eigenvalue weighted by atomic mass is 16.4. The lowest BCUT2D eigenvalue weighted by molar-refractivity contribution is -0.137. The standard InChI is InChI=1S/C15H23N3O3/c1-18(2)13-9-8-12(11-17-13)15(21)16-10-6-4-3-5-7-14(19)20/h8-9,11H,3-7,10H2,1-2H3,(H,16,21)(H,19,20). The first-order chi connectivity index (χ1) is 10.0. The van der Waals surface area contributed by atoms with Gasteiger partial charge in [-0.3, -0.25) is 9.59 Å². The Bertz CT molecular complexity index is 458. The van der Waals surface area contributed by atoms with Crippen molar-refractivity contribution in [3.05, 3.63) is 23.9 Å². The Labute approximate surface area is 125 Å². The fourth-order valence-corrected chi connectivity index (χ4v) is 1.84. The van der Waals surface area contributed by atoms with E-state index < -0.39 is 5.97 Å². The van der Waals surface area contributed by atoms with E-state index in [0.717, 1.165) is 25.1 Å². The maximum Gasteiger partial charge on any atom is 0.303 e. The van der Waals surface area contributed by atoms with E-state index in [1.54, 1.807) is 18.3 Å². The van der Waals surface area contributed by atoms with E-state index >= 15 is 0 Å². The number of aliphatic carboxylic acids is 1. The molecular formula is C15H23N3O3. The Kier molecular flexibility index (Phi) is 7.21. The summed E-state index contributed by atoms with van der Waals surface area (Å²) in [6.07, 6.45) is 5.13. The molecule has 1 aromatic heterocycles. The minimum Gasteiger partial charge on any atom is -0.481 e. The Morgan fingerprint density at radius 2 is 1.90 bits per heavy atom. The lowest BCUT2D eigenvalue weighted by Gasteiger charge is -2.11. The molecule has 0 aromatic carbocycles. The molecule has 1 rings (SSSR count). The highest BCUT2D eigenvalue weighted by Gasteiger charge is 2.06. The Hall–Kier alpha value is -2.11. The summed E-state index contributed by atoms with van der Waals surface area (Å²) in [7, 11) is 3.79. The number of carboxylic acids is 1. The summed E-state index contributed by atoms with van der Waals surface area (Å²) in [4.78, 5) is 28.3. The van der Waals surface area contributed by atoms with Gasteiger partial charge in [-0.15, -0.1) is 0 Å². The van der Waals surface area contributed by atoms with E-state index in [0.29, 0.717) is 18.5 Å². The lowest BCUT2D eigenvalue weighted by Crippen LogP contribution is -2.24. The van der Waals surface area contributed by atoms with E-state index in [1.807, 2.05) is 19.0 Å². The molecule has 6 heteroatoms. The van der Waals surface area contributed by atoms with Gasteiger partial charge in [0, 0.05) is 33.3 Å². The molecule has 6 nitrogen and oxygen atoms in total. The molecule has 0 aliphatic rings. The van der Waals surface area contributed by atoms with Crippen LogP contribution in [0.3, 0.4) is 0 Å². The van der Waals surface area contributed by atoms with Gasteiger partial charge in [-0.05, 0) is 25.0 Å². The van der Waals surface area contributed by atoms with Crippen molar-refractivity contribution in [3.63, 3.8) is 0 Å². The molecule has 0 aliphatic heterocycles. The number of hydrogen-bond acceptors (Lipinski definition) is 4. The molecular weight excluding hydrogens is 270 g/mol. The maximum absolute atomic E-state index is 11.9. The van der Waals surface area contributed by atoms with Crippen LogP contribution in [-0.2, 0) is 4.79 Å². The molecule has 0 saturated heterocycles. The number of amides is 1. The van der Waals surface area contributed by atoms with Gasteiger partial charge in [0.2, 0.25) is 0 Å². The third-order valence-electron chi connectivity index (χ3n) is 3.07. The fourth-order valence-electron chi connectivity index (χ4n) is 1.84. The quantitative estimate of drug-likeness (QED) is 0.680. The summed E-state index contributed by atoms with van der Waals surface area (Å²) in [5.74, 6) is -0.0692. The minimum absolute atomic E-state index is 0.127. The monoisotopic (exact) mass is 293 g/mol. The van der Waals surface area contributed by atoms with Gasteiger partial charge in [-0.2, -0.15) is 0 Å². The molecule has 0 radical (unpaired) electrons. The van der Waals surface area contributed by atoms with E-state index in [2.05, 4.69) is 10.3 Å². The van der Waals surface area contributed by atoms with Gasteiger partial charge in [0.05, 0.1) is 5.56 Å². The Balaban J connectivity index is 2.20. The van der Waals surface area contributed by atoms with Gasteiger partial charge < -0.3 is 15.3 Å². The van der Waals surface area contributed by atoms with Crippen LogP contribution in [0.2, 0.25) is 0 Å². The number of rotatable bonds is 9. The summed E-state index contributed by atoms with van der Waals surface area (Å²) < 4.78 is 0. The van der Waals surface area contributed by atoms with E-state index in [-0.39, 0.29) is 12.3 Å². The summed E-state index contributed by atoms with van der Waals surface area (Å²) in [5, 5.41) is 11.3. The van der Waals surface area contributed by atoms with Crippen LogP contribution in [0.5, 0.6) is 0 Å². The van der Waals surface area contributed by atoms with Gasteiger partial charge in [0.25, 0.3) is 5.91 Å². The molecule has 0 saturated carbocycles. The zero-order valence-corrected chi connectivity index (χ0v) is 12.6. The molecule has 0 fully saturated rings. The van der Waals surface area contributed by atoms with Gasteiger partial charge in [-0.1, -0.05) is 12.8 Å². The van der Waals surface area contributed by atoms with Crippen LogP contribution >= 0.6 is 0 Å². The summed E-state index contributed by atoms with van der Waals surface area (Å²) in [6, 6.07) is 3.56. The van der Waals surface area contributed by atoms with Crippen molar-refractivity contribution in [2.45, 2.75) is 32.1 Å². The highest BCUT2D eigenvalue weighted by molar-refractivity contribution is 5.94. The van der Waals surface area contributed by atoms with Crippen LogP contribution in [0, 0.1) is 0 Å². The number of carboxylic acid groups (broad SMARTS) is 1. The zero-order chi connectivity index (χ0) is 15.7. The van der Waals surface area contributed by atoms with Crippen molar-refractivity contribution >= 4 is 17.7 Å². The van der Waals surface area contributed by atoms with Gasteiger partial charge >= 0.3 is 5.97 Å². The van der Waals surface area contributed by atoms with E-state index in [1.165, 1.54) is 0 Å². The van der Waals surface area contributed by atoms with E-state index in [9.17, 15) is 9.59 Å². The van der Waals surface area contributed by atoms with Crippen molar-refractivity contribution < 1.29 is 14.7 Å². The summed E-state index contributed by atoms with van der Waals surface area (Å²) in [6.45, 7) is 0.599. The van der Waals surface area contributed by atoms with Crippen LogP contribution in [0.4, 0.5) is 5.82 Å². The molecule has 0 spiro atoms. The molecule has 1 aromatic rings. The normalized spacial score (nSPS) is 10.2. The van der Waals surface area contributed by atoms with Crippen LogP contribution in [0.15, 0.2) is 18.3 Å². The van der Waals surface area contributed by atoms with Crippen LogP contribution in [0.25, 0.3) is 0 Å². The topological polar surface area (TPSA) is 82.5 Å². The number of nitrogens with one attached hydrogen (secondary N) is 1.